The Bertz CT molecular complexity index is 1720. The van der Waals surface area contributed by atoms with Crippen molar-refractivity contribution in [1.82, 2.24) is 25.8 Å². The summed E-state index contributed by atoms with van der Waals surface area (Å²) in [5.74, 6) is -1.12. The normalized spacial score (nSPS) is 23.6. The monoisotopic (exact) mass is 703 g/mol. The van der Waals surface area contributed by atoms with Gasteiger partial charge in [0.1, 0.15) is 48.8 Å². The van der Waals surface area contributed by atoms with Crippen molar-refractivity contribution >= 4 is 48.3 Å². The third kappa shape index (κ3) is 7.84. The Kier molecular flexibility index (Phi) is 11.0. The van der Waals surface area contributed by atoms with Crippen LogP contribution in [0.1, 0.15) is 75.3 Å². The molecule has 4 amide bonds. The number of likely N-dealkylation sites (tertiary alicyclic amines) is 1. The van der Waals surface area contributed by atoms with E-state index in [1.54, 1.807) is 33.2 Å². The number of ketones is 1. The molecule has 2 aromatic rings. The molecule has 0 unspecified atom stereocenters. The fourth-order valence-electron chi connectivity index (χ4n) is 7.26. The number of rotatable bonds is 12. The molecular weight excluding hydrogens is 653 g/mol. The van der Waals surface area contributed by atoms with Crippen LogP contribution in [-0.4, -0.2) is 97.9 Å². The number of urea groups is 1. The van der Waals surface area contributed by atoms with Crippen molar-refractivity contribution in [3.63, 3.8) is 0 Å². The first-order valence-corrected chi connectivity index (χ1v) is 17.7. The van der Waals surface area contributed by atoms with E-state index in [-0.39, 0.29) is 42.7 Å². The highest BCUT2D eigenvalue weighted by atomic mass is 16.5. The molecule has 3 aliphatic rings. The molecule has 13 nitrogen and oxygen atoms in total. The van der Waals surface area contributed by atoms with Crippen molar-refractivity contribution in [3.05, 3.63) is 42.1 Å². The van der Waals surface area contributed by atoms with Crippen molar-refractivity contribution in [2.75, 3.05) is 20.8 Å². The summed E-state index contributed by atoms with van der Waals surface area (Å²) in [4.78, 5) is 73.6. The number of nitrogens with zero attached hydrogens (tertiary/aromatic N) is 2. The summed E-state index contributed by atoms with van der Waals surface area (Å²) in [5, 5.41) is 9.41. The van der Waals surface area contributed by atoms with Crippen LogP contribution in [0.3, 0.4) is 0 Å². The van der Waals surface area contributed by atoms with Crippen molar-refractivity contribution in [2.24, 2.45) is 11.3 Å². The van der Waals surface area contributed by atoms with Gasteiger partial charge >= 0.3 is 12.0 Å². The molecule has 1 aromatic carbocycles. The number of aromatic nitrogens is 1. The van der Waals surface area contributed by atoms with Gasteiger partial charge in [-0.3, -0.25) is 14.4 Å². The van der Waals surface area contributed by atoms with Gasteiger partial charge in [0, 0.05) is 35.9 Å². The number of nitrogens with one attached hydrogen (secondary N) is 3. The number of carbonyl (C=O) groups is 5. The number of Topliss-reactive ketones (excluding diaryl/α,β-unsaturated/α-hetero) is 1. The van der Waals surface area contributed by atoms with Gasteiger partial charge in [-0.1, -0.05) is 39.7 Å². The Morgan fingerprint density at radius 1 is 1.12 bits per heavy atom. The predicted octanol–water partition coefficient (Wildman–Crippen LogP) is 3.02. The topological polar surface area (TPSA) is 165 Å². The molecule has 1 aliphatic heterocycles. The molecule has 14 heteroatoms. The lowest BCUT2D eigenvalue weighted by atomic mass is 9.85. The summed E-state index contributed by atoms with van der Waals surface area (Å²) in [6.07, 6.45) is 5.37. The van der Waals surface area contributed by atoms with E-state index in [4.69, 9.17) is 14.2 Å². The maximum atomic E-state index is 14.6. The molecule has 3 N–H and O–H groups in total. The number of methoxy groups -OCH3 is 2. The summed E-state index contributed by atoms with van der Waals surface area (Å²) < 4.78 is 17.1. The highest BCUT2D eigenvalue weighted by Crippen LogP contribution is 2.46. The lowest BCUT2D eigenvalue weighted by molar-refractivity contribution is -0.148. The summed E-state index contributed by atoms with van der Waals surface area (Å²) in [6.45, 7) is 11.2. The van der Waals surface area contributed by atoms with E-state index < -0.39 is 53.0 Å². The molecule has 274 valence electrons. The fraction of sp³-hybridized carbons (Fsp3) is 0.568. The number of fused-ring (bicyclic) bond motifs is 1. The summed E-state index contributed by atoms with van der Waals surface area (Å²) >= 11 is 0. The van der Waals surface area contributed by atoms with E-state index in [0.717, 1.165) is 31.2 Å². The number of hydrogen-bond donors (Lipinski definition) is 3. The van der Waals surface area contributed by atoms with Gasteiger partial charge in [0.2, 0.25) is 11.8 Å². The number of aryl methyl sites for hydroxylation is 1. The number of benzene rings is 1. The van der Waals surface area contributed by atoms with Gasteiger partial charge in [0.05, 0.1) is 26.3 Å². The molecule has 2 saturated carbocycles. The summed E-state index contributed by atoms with van der Waals surface area (Å²) in [5.41, 5.74) is -0.454. The van der Waals surface area contributed by atoms with Gasteiger partial charge in [-0.15, -0.1) is 6.58 Å². The molecule has 5 rings (SSSR count). The van der Waals surface area contributed by atoms with Gasteiger partial charge in [-0.25, -0.2) is 14.6 Å². The molecule has 1 saturated heterocycles. The quantitative estimate of drug-likeness (QED) is 0.130. The standard InChI is InChI=1S/C37H50BN5O8/c1-8-21-17-37(21,34(47)50-7)42-32(45)27-14-23(19-43(27)33(46)31(36(3,4)5)41-35(48)39-22-11-9-10-12-22)51-30-16-26(28(44)18-38)40-25-15-29(49-6)20(2)13-24(25)30/h8,13,15-16,21-23,27,31H,1,9-12,14,17-19,38H2,2-7H3,(H,42,45)(H2,39,41,48)/t21-,23-,27+,31-,37-/m1/s1. The fourth-order valence-corrected chi connectivity index (χ4v) is 7.26. The predicted molar refractivity (Wildman–Crippen MR) is 194 cm³/mol. The largest absolute Gasteiger partial charge is 0.496 e. The van der Waals surface area contributed by atoms with Gasteiger partial charge in [-0.05, 0) is 49.6 Å². The van der Waals surface area contributed by atoms with E-state index in [1.165, 1.54) is 12.0 Å². The first-order valence-electron chi connectivity index (χ1n) is 17.7. The zero-order valence-electron chi connectivity index (χ0n) is 30.7. The zero-order valence-corrected chi connectivity index (χ0v) is 30.7. The third-order valence-corrected chi connectivity index (χ3v) is 10.3. The van der Waals surface area contributed by atoms with Crippen LogP contribution in [0.25, 0.3) is 10.9 Å². The Morgan fingerprint density at radius 2 is 1.82 bits per heavy atom. The number of hydrogen-bond acceptors (Lipinski definition) is 9. The lowest BCUT2D eigenvalue weighted by Gasteiger charge is -2.35. The molecule has 5 atom stereocenters. The first-order chi connectivity index (χ1) is 24.1. The number of ether oxygens (including phenoxy) is 3. The second kappa shape index (κ2) is 14.9. The Labute approximate surface area is 300 Å². The van der Waals surface area contributed by atoms with Crippen molar-refractivity contribution in [3.8, 4) is 11.5 Å². The molecule has 0 radical (unpaired) electrons. The third-order valence-electron chi connectivity index (χ3n) is 10.3. The lowest BCUT2D eigenvalue weighted by Crippen LogP contribution is -2.60. The van der Waals surface area contributed by atoms with Crippen molar-refractivity contribution < 1.29 is 38.2 Å². The zero-order chi connectivity index (χ0) is 37.2. The molecule has 2 heterocycles. The second-order valence-electron chi connectivity index (χ2n) is 15.0. The summed E-state index contributed by atoms with van der Waals surface area (Å²) in [6, 6.07) is 2.77. The molecule has 51 heavy (non-hydrogen) atoms. The number of carbonyl (C=O) groups excluding carboxylic acids is 5. The number of amides is 4. The van der Waals surface area contributed by atoms with Gasteiger partial charge in [-0.2, -0.15) is 0 Å². The maximum Gasteiger partial charge on any atom is 0.332 e. The molecule has 1 aromatic heterocycles. The van der Waals surface area contributed by atoms with Crippen LogP contribution in [0, 0.1) is 18.3 Å². The Balaban J connectivity index is 1.49. The minimum atomic E-state index is -1.28. The second-order valence-corrected chi connectivity index (χ2v) is 15.0. The van der Waals surface area contributed by atoms with E-state index >= 15 is 0 Å². The molecule has 0 spiro atoms. The number of pyridine rings is 1. The molecule has 3 fully saturated rings. The van der Waals surface area contributed by atoms with Crippen LogP contribution in [0.15, 0.2) is 30.9 Å². The van der Waals surface area contributed by atoms with Gasteiger partial charge < -0.3 is 35.1 Å². The Morgan fingerprint density at radius 3 is 2.41 bits per heavy atom. The van der Waals surface area contributed by atoms with Crippen LogP contribution >= 0.6 is 0 Å². The van der Waals surface area contributed by atoms with E-state index in [1.807, 2.05) is 33.8 Å². The minimum absolute atomic E-state index is 0.00153. The summed E-state index contributed by atoms with van der Waals surface area (Å²) in [7, 11) is 4.57. The number of esters is 1. The Hall–Kier alpha value is -4.62. The van der Waals surface area contributed by atoms with Crippen LogP contribution < -0.4 is 25.4 Å². The van der Waals surface area contributed by atoms with E-state index in [0.29, 0.717) is 28.8 Å². The first kappa shape index (κ1) is 37.6. The highest BCUT2D eigenvalue weighted by Gasteiger charge is 2.62. The van der Waals surface area contributed by atoms with E-state index in [9.17, 15) is 24.0 Å². The average Bonchev–Trinajstić information content (AvgIpc) is 3.36. The molecule has 2 aliphatic carbocycles. The molecule has 0 bridgehead atoms. The smallest absolute Gasteiger partial charge is 0.332 e. The average molecular weight is 704 g/mol. The van der Waals surface area contributed by atoms with Crippen LogP contribution in [0.4, 0.5) is 4.79 Å². The van der Waals surface area contributed by atoms with Crippen LogP contribution in [-0.2, 0) is 19.1 Å². The molecular formula is C37H50BN5O8. The van der Waals surface area contributed by atoms with Crippen LogP contribution in [0.2, 0.25) is 6.32 Å². The minimum Gasteiger partial charge on any atom is -0.496 e. The SMILES string of the molecule is BCC(=O)c1cc(O[C@@H]2C[C@@H](C(=O)N[C@]3(C(=O)OC)C[C@H]3C=C)N(C(=O)[C@@H](NC(=O)NC3CCCC3)C(C)(C)C)C2)c2cc(C)c(OC)cc2n1. The van der Waals surface area contributed by atoms with Crippen molar-refractivity contribution in [1.29, 1.82) is 0 Å². The maximum absolute atomic E-state index is 14.6. The van der Waals surface area contributed by atoms with Gasteiger partial charge in [0.15, 0.2) is 5.78 Å². The van der Waals surface area contributed by atoms with Crippen molar-refractivity contribution in [2.45, 2.75) is 102 Å². The highest BCUT2D eigenvalue weighted by molar-refractivity contribution is 6.23. The van der Waals surface area contributed by atoms with Gasteiger partial charge in [0.25, 0.3) is 0 Å². The van der Waals surface area contributed by atoms with Crippen LogP contribution in [0.5, 0.6) is 11.5 Å². The van der Waals surface area contributed by atoms with E-state index in [2.05, 4.69) is 27.5 Å².